The van der Waals surface area contributed by atoms with Crippen LogP contribution in [0.4, 0.5) is 20.2 Å². The Bertz CT molecular complexity index is 913. The highest BCUT2D eigenvalue weighted by molar-refractivity contribution is 5.96. The molecule has 0 radical (unpaired) electrons. The fourth-order valence-electron chi connectivity index (χ4n) is 2.25. The number of anilines is 2. The van der Waals surface area contributed by atoms with E-state index in [2.05, 4.69) is 20.3 Å². The van der Waals surface area contributed by atoms with Crippen LogP contribution in [0.15, 0.2) is 52.9 Å². The van der Waals surface area contributed by atoms with E-state index in [-0.39, 0.29) is 18.2 Å². The van der Waals surface area contributed by atoms with Gasteiger partial charge in [-0.2, -0.15) is 8.78 Å². The molecule has 3 aromatic rings. The first-order valence-electron chi connectivity index (χ1n) is 7.88. The SMILES string of the molecule is Cc1nnc(COC(=O)c2ccccc2Nc2ccc(OC(F)F)cc2)o1. The van der Waals surface area contributed by atoms with Crippen molar-refractivity contribution < 1.29 is 27.5 Å². The third-order valence-corrected chi connectivity index (χ3v) is 3.40. The smallest absolute Gasteiger partial charge is 0.387 e. The Hall–Kier alpha value is -3.49. The van der Waals surface area contributed by atoms with E-state index in [1.54, 1.807) is 43.3 Å². The lowest BCUT2D eigenvalue weighted by Gasteiger charge is -2.12. The molecular weight excluding hydrogens is 360 g/mol. The third kappa shape index (κ3) is 5.00. The number of halogens is 2. The zero-order valence-corrected chi connectivity index (χ0v) is 14.2. The first-order valence-corrected chi connectivity index (χ1v) is 7.88. The Balaban J connectivity index is 1.68. The molecule has 3 rings (SSSR count). The highest BCUT2D eigenvalue weighted by Crippen LogP contribution is 2.24. The van der Waals surface area contributed by atoms with Gasteiger partial charge in [-0.3, -0.25) is 0 Å². The molecule has 140 valence electrons. The van der Waals surface area contributed by atoms with Crippen LogP contribution in [0.2, 0.25) is 0 Å². The van der Waals surface area contributed by atoms with Crippen LogP contribution in [0.1, 0.15) is 22.1 Å². The van der Waals surface area contributed by atoms with Crippen LogP contribution in [0.3, 0.4) is 0 Å². The summed E-state index contributed by atoms with van der Waals surface area (Å²) in [4.78, 5) is 12.4. The van der Waals surface area contributed by atoms with Crippen LogP contribution in [0.5, 0.6) is 5.75 Å². The molecule has 0 spiro atoms. The molecule has 0 aliphatic rings. The highest BCUT2D eigenvalue weighted by atomic mass is 19.3. The summed E-state index contributed by atoms with van der Waals surface area (Å²) < 4.78 is 39.0. The van der Waals surface area contributed by atoms with Gasteiger partial charge in [0.1, 0.15) is 5.75 Å². The molecule has 7 nitrogen and oxygen atoms in total. The lowest BCUT2D eigenvalue weighted by molar-refractivity contribution is -0.0498. The maximum Gasteiger partial charge on any atom is 0.387 e. The molecule has 0 unspecified atom stereocenters. The number of aryl methyl sites for hydroxylation is 1. The molecule has 0 saturated heterocycles. The average Bonchev–Trinajstić information content (AvgIpc) is 3.07. The summed E-state index contributed by atoms with van der Waals surface area (Å²) in [5.74, 6) is 0.0352. The molecule has 1 N–H and O–H groups in total. The van der Waals surface area contributed by atoms with Crippen LogP contribution >= 0.6 is 0 Å². The maximum atomic E-state index is 12.4. The lowest BCUT2D eigenvalue weighted by atomic mass is 10.1. The molecular formula is C18H15F2N3O4. The van der Waals surface area contributed by atoms with Gasteiger partial charge in [-0.05, 0) is 36.4 Å². The van der Waals surface area contributed by atoms with Crippen molar-refractivity contribution in [2.45, 2.75) is 20.1 Å². The summed E-state index contributed by atoms with van der Waals surface area (Å²) in [7, 11) is 0. The first-order chi connectivity index (χ1) is 13.0. The number of carbonyl (C=O) groups excluding carboxylic acids is 1. The molecule has 1 aromatic heterocycles. The van der Waals surface area contributed by atoms with E-state index in [0.717, 1.165) is 0 Å². The molecule has 27 heavy (non-hydrogen) atoms. The van der Waals surface area contributed by atoms with Gasteiger partial charge in [-0.25, -0.2) is 4.79 Å². The minimum atomic E-state index is -2.89. The van der Waals surface area contributed by atoms with E-state index < -0.39 is 12.6 Å². The summed E-state index contributed by atoms with van der Waals surface area (Å²) in [6, 6.07) is 12.6. The van der Waals surface area contributed by atoms with Gasteiger partial charge in [0.15, 0.2) is 6.61 Å². The molecule has 0 fully saturated rings. The summed E-state index contributed by atoms with van der Waals surface area (Å²) in [6.45, 7) is -1.40. The van der Waals surface area contributed by atoms with Crippen LogP contribution in [-0.2, 0) is 11.3 Å². The standard InChI is InChI=1S/C18H15F2N3O4/c1-11-22-23-16(26-11)10-25-17(24)14-4-2-3-5-15(14)21-12-6-8-13(9-7-12)27-18(19)20/h2-9,18,21H,10H2,1H3. The number of esters is 1. The second-order valence-corrected chi connectivity index (χ2v) is 5.36. The number of hydrogen-bond acceptors (Lipinski definition) is 7. The largest absolute Gasteiger partial charge is 0.452 e. The summed E-state index contributed by atoms with van der Waals surface area (Å²) >= 11 is 0. The number of nitrogens with zero attached hydrogens (tertiary/aromatic N) is 2. The number of hydrogen-bond donors (Lipinski definition) is 1. The number of aromatic nitrogens is 2. The van der Waals surface area contributed by atoms with Crippen molar-refractivity contribution in [3.8, 4) is 5.75 Å². The Morgan fingerprint density at radius 1 is 1.15 bits per heavy atom. The number of para-hydroxylation sites is 1. The van der Waals surface area contributed by atoms with Crippen molar-refractivity contribution >= 4 is 17.3 Å². The van der Waals surface area contributed by atoms with Crippen molar-refractivity contribution in [3.63, 3.8) is 0 Å². The summed E-state index contributed by atoms with van der Waals surface area (Å²) in [5.41, 5.74) is 1.37. The minimum Gasteiger partial charge on any atom is -0.452 e. The predicted molar refractivity (Wildman–Crippen MR) is 91.0 cm³/mol. The molecule has 0 atom stereocenters. The second kappa shape index (κ2) is 8.26. The number of nitrogens with one attached hydrogen (secondary N) is 1. The quantitative estimate of drug-likeness (QED) is 0.623. The molecule has 0 aliphatic carbocycles. The van der Waals surface area contributed by atoms with Gasteiger partial charge >= 0.3 is 12.6 Å². The molecule has 0 saturated carbocycles. The van der Waals surface area contributed by atoms with Crippen molar-refractivity contribution in [1.82, 2.24) is 10.2 Å². The predicted octanol–water partition coefficient (Wildman–Crippen LogP) is 4.08. The van der Waals surface area contributed by atoms with Crippen LogP contribution in [-0.4, -0.2) is 22.8 Å². The van der Waals surface area contributed by atoms with Gasteiger partial charge in [0, 0.05) is 12.6 Å². The maximum absolute atomic E-state index is 12.4. The van der Waals surface area contributed by atoms with Crippen LogP contribution < -0.4 is 10.1 Å². The average molecular weight is 375 g/mol. The Labute approximate surface area is 152 Å². The van der Waals surface area contributed by atoms with Crippen molar-refractivity contribution in [3.05, 3.63) is 65.9 Å². The second-order valence-electron chi connectivity index (χ2n) is 5.36. The monoisotopic (exact) mass is 375 g/mol. The molecule has 9 heteroatoms. The van der Waals surface area contributed by atoms with Gasteiger partial charge in [0.25, 0.3) is 5.89 Å². The van der Waals surface area contributed by atoms with Crippen molar-refractivity contribution in [1.29, 1.82) is 0 Å². The highest BCUT2D eigenvalue weighted by Gasteiger charge is 2.14. The normalized spacial score (nSPS) is 10.7. The zero-order valence-electron chi connectivity index (χ0n) is 14.2. The molecule has 2 aromatic carbocycles. The van der Waals surface area contributed by atoms with Crippen molar-refractivity contribution in [2.75, 3.05) is 5.32 Å². The molecule has 0 aliphatic heterocycles. The Morgan fingerprint density at radius 2 is 1.89 bits per heavy atom. The zero-order chi connectivity index (χ0) is 19.2. The van der Waals surface area contributed by atoms with E-state index in [1.807, 2.05) is 0 Å². The van der Waals surface area contributed by atoms with Crippen molar-refractivity contribution in [2.24, 2.45) is 0 Å². The lowest BCUT2D eigenvalue weighted by Crippen LogP contribution is -2.08. The van der Waals surface area contributed by atoms with Gasteiger partial charge in [0.05, 0.1) is 11.3 Å². The molecule has 0 amide bonds. The first kappa shape index (κ1) is 18.3. The van der Waals surface area contributed by atoms with E-state index in [1.165, 1.54) is 12.1 Å². The number of carbonyl (C=O) groups is 1. The van der Waals surface area contributed by atoms with E-state index in [0.29, 0.717) is 22.8 Å². The number of alkyl halides is 2. The fraction of sp³-hybridized carbons (Fsp3) is 0.167. The van der Waals surface area contributed by atoms with Gasteiger partial charge in [-0.15, -0.1) is 10.2 Å². The van der Waals surface area contributed by atoms with E-state index in [4.69, 9.17) is 9.15 Å². The molecule has 0 bridgehead atoms. The fourth-order valence-corrected chi connectivity index (χ4v) is 2.25. The number of benzene rings is 2. The topological polar surface area (TPSA) is 86.5 Å². The number of ether oxygens (including phenoxy) is 2. The van der Waals surface area contributed by atoms with E-state index in [9.17, 15) is 13.6 Å². The van der Waals surface area contributed by atoms with E-state index >= 15 is 0 Å². The van der Waals surface area contributed by atoms with Gasteiger partial charge in [-0.1, -0.05) is 12.1 Å². The third-order valence-electron chi connectivity index (χ3n) is 3.40. The molecule has 1 heterocycles. The summed E-state index contributed by atoms with van der Waals surface area (Å²) in [5, 5.41) is 10.5. The minimum absolute atomic E-state index is 0.0399. The van der Waals surface area contributed by atoms with Gasteiger partial charge in [0.2, 0.25) is 5.89 Å². The Kier molecular flexibility index (Phi) is 5.60. The Morgan fingerprint density at radius 3 is 2.56 bits per heavy atom. The van der Waals surface area contributed by atoms with Gasteiger partial charge < -0.3 is 19.2 Å². The van der Waals surface area contributed by atoms with Crippen LogP contribution in [0, 0.1) is 6.92 Å². The van der Waals surface area contributed by atoms with Crippen LogP contribution in [0.25, 0.3) is 0 Å². The number of rotatable bonds is 7. The summed E-state index contributed by atoms with van der Waals surface area (Å²) in [6.07, 6.45) is 0.